The number of ether oxygens (including phenoxy) is 1. The molecule has 0 bridgehead atoms. The van der Waals surface area contributed by atoms with Crippen molar-refractivity contribution in [2.24, 2.45) is 0 Å². The highest BCUT2D eigenvalue weighted by atomic mass is 31.2. The second-order valence-corrected chi connectivity index (χ2v) is 17.5. The smallest absolute Gasteiger partial charge is 0.463 e. The molecule has 0 fully saturated rings. The lowest BCUT2D eigenvalue weighted by atomic mass is 10.0. The van der Waals surface area contributed by atoms with Crippen molar-refractivity contribution in [2.45, 2.75) is 206 Å². The van der Waals surface area contributed by atoms with Crippen molar-refractivity contribution in [3.05, 3.63) is 85.1 Å². The van der Waals surface area contributed by atoms with Crippen molar-refractivity contribution < 1.29 is 37.9 Å². The second-order valence-electron chi connectivity index (χ2n) is 16.1. The van der Waals surface area contributed by atoms with Crippen LogP contribution in [0.4, 0.5) is 0 Å². The molecule has 9 nitrogen and oxygen atoms in total. The lowest BCUT2D eigenvalue weighted by Crippen LogP contribution is -2.27. The minimum absolute atomic E-state index is 0.0731. The molecule has 0 radical (unpaired) electrons. The lowest BCUT2D eigenvalue weighted by Gasteiger charge is -2.15. The fourth-order valence-electron chi connectivity index (χ4n) is 6.43. The third-order valence-corrected chi connectivity index (χ3v) is 11.1. The van der Waals surface area contributed by atoms with Gasteiger partial charge in [0.2, 0.25) is 5.91 Å². The van der Waals surface area contributed by atoms with Crippen molar-refractivity contribution >= 4 is 19.7 Å². The number of phosphoric acid groups is 1. The van der Waals surface area contributed by atoms with Gasteiger partial charge in [0.25, 0.3) is 0 Å². The summed E-state index contributed by atoms with van der Waals surface area (Å²) >= 11 is 0. The molecule has 0 saturated carbocycles. The predicted octanol–water partition coefficient (Wildman–Crippen LogP) is 14.4. The number of unbranched alkanes of at least 4 members (excludes halogenated alkanes) is 18. The normalized spacial score (nSPS) is 13.9. The summed E-state index contributed by atoms with van der Waals surface area (Å²) in [5, 5.41) is 12.7. The zero-order chi connectivity index (χ0) is 45.3. The molecule has 0 aromatic rings. The van der Waals surface area contributed by atoms with Crippen LogP contribution in [0.2, 0.25) is 0 Å². The average molecular weight is 888 g/mol. The van der Waals surface area contributed by atoms with Gasteiger partial charge in [0.05, 0.1) is 13.2 Å². The minimum atomic E-state index is -4.44. The molecule has 0 heterocycles. The van der Waals surface area contributed by atoms with Crippen LogP contribution >= 0.6 is 7.82 Å². The highest BCUT2D eigenvalue weighted by Crippen LogP contribution is 2.42. The second kappa shape index (κ2) is 47.7. The first-order valence-electron chi connectivity index (χ1n) is 24.6. The van der Waals surface area contributed by atoms with Gasteiger partial charge in [-0.2, -0.15) is 0 Å². The fourth-order valence-corrected chi connectivity index (χ4v) is 7.19. The van der Waals surface area contributed by atoms with E-state index in [1.165, 1.54) is 96.3 Å². The number of aliphatic hydroxyl groups is 1. The van der Waals surface area contributed by atoms with Gasteiger partial charge in [-0.15, -0.1) is 0 Å². The third kappa shape index (κ3) is 48.2. The van der Waals surface area contributed by atoms with Gasteiger partial charge in [0, 0.05) is 19.4 Å². The van der Waals surface area contributed by atoms with Gasteiger partial charge in [-0.1, -0.05) is 208 Å². The average Bonchev–Trinajstić information content (AvgIpc) is 3.26. The Morgan fingerprint density at radius 2 is 0.919 bits per heavy atom. The summed E-state index contributed by atoms with van der Waals surface area (Å²) < 4.78 is 26.9. The molecule has 62 heavy (non-hydrogen) atoms. The SMILES string of the molecule is CC/C=C\C/C=C\C/C=C\C/C=C\C/C=C\C/C=C\C/C=C\CCCC(=O)OCC(O)COP(=O)(O)OCCNC(=O)CCCCCCCCCCCCCCCCCCCC. The Morgan fingerprint density at radius 1 is 0.516 bits per heavy atom. The maximum absolute atomic E-state index is 12.1. The lowest BCUT2D eigenvalue weighted by molar-refractivity contribution is -0.147. The van der Waals surface area contributed by atoms with Crippen molar-refractivity contribution in [1.82, 2.24) is 5.32 Å². The van der Waals surface area contributed by atoms with Gasteiger partial charge < -0.3 is 20.1 Å². The number of carbonyl (C=O) groups excluding carboxylic acids is 2. The van der Waals surface area contributed by atoms with Gasteiger partial charge in [-0.05, 0) is 64.2 Å². The van der Waals surface area contributed by atoms with Crippen LogP contribution in [-0.2, 0) is 27.9 Å². The topological polar surface area (TPSA) is 131 Å². The zero-order valence-corrected chi connectivity index (χ0v) is 40.2. The van der Waals surface area contributed by atoms with Gasteiger partial charge in [-0.3, -0.25) is 18.6 Å². The molecule has 0 aliphatic rings. The Kier molecular flexibility index (Phi) is 45.5. The summed E-state index contributed by atoms with van der Waals surface area (Å²) in [4.78, 5) is 34.0. The molecule has 0 aromatic heterocycles. The van der Waals surface area contributed by atoms with E-state index in [4.69, 9.17) is 13.8 Å². The number of nitrogens with one attached hydrogen (secondary N) is 1. The van der Waals surface area contributed by atoms with E-state index in [0.717, 1.165) is 70.6 Å². The number of amides is 1. The van der Waals surface area contributed by atoms with Crippen molar-refractivity contribution in [2.75, 3.05) is 26.4 Å². The summed E-state index contributed by atoms with van der Waals surface area (Å²) in [6, 6.07) is 0. The molecule has 2 atom stereocenters. The Labute approximate surface area is 379 Å². The Balaban J connectivity index is 3.68. The molecule has 0 aliphatic carbocycles. The van der Waals surface area contributed by atoms with E-state index < -0.39 is 26.5 Å². The Bertz CT molecular complexity index is 1290. The van der Waals surface area contributed by atoms with E-state index >= 15 is 0 Å². The molecule has 356 valence electrons. The van der Waals surface area contributed by atoms with E-state index in [0.29, 0.717) is 12.8 Å². The number of rotatable bonds is 45. The highest BCUT2D eigenvalue weighted by molar-refractivity contribution is 7.47. The van der Waals surface area contributed by atoms with Crippen LogP contribution in [0.3, 0.4) is 0 Å². The van der Waals surface area contributed by atoms with Crippen LogP contribution in [0.5, 0.6) is 0 Å². The predicted molar refractivity (Wildman–Crippen MR) is 261 cm³/mol. The van der Waals surface area contributed by atoms with Gasteiger partial charge in [0.1, 0.15) is 12.7 Å². The number of esters is 1. The molecular weight excluding hydrogens is 798 g/mol. The number of hydrogen-bond acceptors (Lipinski definition) is 7. The quantitative estimate of drug-likeness (QED) is 0.0238. The maximum Gasteiger partial charge on any atom is 0.472 e. The number of allylic oxidation sites excluding steroid dienone is 14. The first-order chi connectivity index (χ1) is 30.3. The number of phosphoric ester groups is 1. The first kappa shape index (κ1) is 59.2. The molecule has 0 aromatic carbocycles. The van der Waals surface area contributed by atoms with Crippen molar-refractivity contribution in [3.8, 4) is 0 Å². The molecule has 0 saturated heterocycles. The van der Waals surface area contributed by atoms with Crippen LogP contribution in [0, 0.1) is 0 Å². The molecule has 0 rings (SSSR count). The molecule has 2 unspecified atom stereocenters. The third-order valence-electron chi connectivity index (χ3n) is 10.1. The first-order valence-corrected chi connectivity index (χ1v) is 26.1. The van der Waals surface area contributed by atoms with E-state index in [9.17, 15) is 24.2 Å². The monoisotopic (exact) mass is 888 g/mol. The summed E-state index contributed by atoms with van der Waals surface area (Å²) in [5.74, 6) is -0.577. The van der Waals surface area contributed by atoms with Crippen molar-refractivity contribution in [3.63, 3.8) is 0 Å². The van der Waals surface area contributed by atoms with Gasteiger partial charge >= 0.3 is 13.8 Å². The van der Waals surface area contributed by atoms with Crippen LogP contribution < -0.4 is 5.32 Å². The number of hydrogen-bond donors (Lipinski definition) is 3. The van der Waals surface area contributed by atoms with E-state index in [2.05, 4.69) is 98.2 Å². The summed E-state index contributed by atoms with van der Waals surface area (Å²) in [6.45, 7) is 3.39. The molecule has 1 amide bonds. The molecule has 0 spiro atoms. The van der Waals surface area contributed by atoms with Crippen LogP contribution in [-0.4, -0.2) is 54.3 Å². The summed E-state index contributed by atoms with van der Waals surface area (Å²) in [5.41, 5.74) is 0. The Hall–Kier alpha value is -2.81. The minimum Gasteiger partial charge on any atom is -0.463 e. The Morgan fingerprint density at radius 3 is 1.35 bits per heavy atom. The molecule has 3 N–H and O–H groups in total. The number of carbonyl (C=O) groups is 2. The zero-order valence-electron chi connectivity index (χ0n) is 39.3. The van der Waals surface area contributed by atoms with E-state index in [1.54, 1.807) is 0 Å². The standard InChI is InChI=1S/C52H90NO8P/c1-3-5-7-9-11-13-15-17-19-21-23-24-25-26-27-29-31-33-35-37-39-41-43-45-52(56)59-48-50(54)49-61-62(57,58)60-47-46-53-51(55)44-42-40-38-36-34-32-30-28-22-20-18-16-14-12-10-8-6-4-2/h5,7,11,13,17,19,23-24,26-27,31,33,37,39,50,54H,3-4,6,8-10,12,14-16,18,20-22,25,28-30,32,34-36,38,40-49H2,1-2H3,(H,53,55)(H,57,58)/b7-5-,13-11-,19-17-,24-23-,27-26-,33-31-,39-37-. The van der Waals surface area contributed by atoms with Crippen molar-refractivity contribution in [1.29, 1.82) is 0 Å². The van der Waals surface area contributed by atoms with Gasteiger partial charge in [0.15, 0.2) is 0 Å². The van der Waals surface area contributed by atoms with Crippen LogP contribution in [0.15, 0.2) is 85.1 Å². The number of aliphatic hydroxyl groups excluding tert-OH is 1. The maximum atomic E-state index is 12.1. The highest BCUT2D eigenvalue weighted by Gasteiger charge is 2.23. The van der Waals surface area contributed by atoms with Crippen LogP contribution in [0.25, 0.3) is 0 Å². The largest absolute Gasteiger partial charge is 0.472 e. The molecular formula is C52H90NO8P. The summed E-state index contributed by atoms with van der Waals surface area (Å²) in [6.07, 6.45) is 61.0. The summed E-state index contributed by atoms with van der Waals surface area (Å²) in [7, 11) is -4.44. The molecule has 10 heteroatoms. The molecule has 0 aliphatic heterocycles. The van der Waals surface area contributed by atoms with Gasteiger partial charge in [-0.25, -0.2) is 4.57 Å². The fraction of sp³-hybridized carbons (Fsp3) is 0.692. The van der Waals surface area contributed by atoms with E-state index in [-0.39, 0.29) is 32.1 Å². The van der Waals surface area contributed by atoms with E-state index in [1.807, 2.05) is 6.08 Å². The van der Waals surface area contributed by atoms with Crippen LogP contribution in [0.1, 0.15) is 200 Å².